The number of carbonyl (C=O) groups is 1. The maximum absolute atomic E-state index is 14.3. The lowest BCUT2D eigenvalue weighted by atomic mass is 10.1. The van der Waals surface area contributed by atoms with Gasteiger partial charge in [0, 0.05) is 34.7 Å². The van der Waals surface area contributed by atoms with Crippen molar-refractivity contribution >= 4 is 22.4 Å². The van der Waals surface area contributed by atoms with Crippen LogP contribution in [-0.2, 0) is 4.79 Å². The number of methoxy groups -OCH3 is 2. The molecule has 4 rings (SSSR count). The van der Waals surface area contributed by atoms with E-state index < -0.39 is 0 Å². The summed E-state index contributed by atoms with van der Waals surface area (Å²) in [5, 5.41) is 5.28. The van der Waals surface area contributed by atoms with Crippen LogP contribution in [0.5, 0.6) is 11.5 Å². The van der Waals surface area contributed by atoms with E-state index in [1.165, 1.54) is 17.4 Å². The van der Waals surface area contributed by atoms with Crippen molar-refractivity contribution in [1.82, 2.24) is 9.88 Å². The average molecular weight is 456 g/mol. The fraction of sp³-hybridized carbons (Fsp3) is 0.333. The molecule has 6 nitrogen and oxygen atoms in total. The molecule has 8 heteroatoms. The zero-order valence-electron chi connectivity index (χ0n) is 18.3. The number of ether oxygens (including phenoxy) is 2. The molecule has 1 aliphatic carbocycles. The van der Waals surface area contributed by atoms with Crippen LogP contribution in [0.4, 0.5) is 9.52 Å². The number of hydrogen-bond donors (Lipinski definition) is 1. The van der Waals surface area contributed by atoms with E-state index >= 15 is 0 Å². The maximum Gasteiger partial charge on any atom is 0.240 e. The van der Waals surface area contributed by atoms with Crippen molar-refractivity contribution in [3.05, 3.63) is 59.2 Å². The van der Waals surface area contributed by atoms with Crippen LogP contribution in [0, 0.1) is 5.82 Å². The molecule has 1 heterocycles. The van der Waals surface area contributed by atoms with Gasteiger partial charge in [0.05, 0.1) is 26.5 Å². The lowest BCUT2D eigenvalue weighted by Crippen LogP contribution is -2.37. The summed E-state index contributed by atoms with van der Waals surface area (Å²) < 4.78 is 25.0. The lowest BCUT2D eigenvalue weighted by Gasteiger charge is -2.29. The van der Waals surface area contributed by atoms with E-state index in [-0.39, 0.29) is 24.3 Å². The van der Waals surface area contributed by atoms with Gasteiger partial charge in [-0.05, 0) is 38.0 Å². The molecule has 3 aromatic rings. The minimum Gasteiger partial charge on any atom is -0.497 e. The van der Waals surface area contributed by atoms with E-state index in [4.69, 9.17) is 9.47 Å². The molecule has 0 bridgehead atoms. The molecule has 1 aliphatic rings. The summed E-state index contributed by atoms with van der Waals surface area (Å²) in [7, 11) is 3.19. The van der Waals surface area contributed by atoms with Gasteiger partial charge < -0.3 is 14.8 Å². The molecule has 1 aromatic heterocycles. The highest BCUT2D eigenvalue weighted by Crippen LogP contribution is 2.36. The Labute approximate surface area is 191 Å². The molecule has 1 atom stereocenters. The van der Waals surface area contributed by atoms with Crippen LogP contribution in [-0.4, -0.2) is 42.6 Å². The highest BCUT2D eigenvalue weighted by molar-refractivity contribution is 7.14. The van der Waals surface area contributed by atoms with Gasteiger partial charge in [0.25, 0.3) is 0 Å². The highest BCUT2D eigenvalue weighted by atomic mass is 32.1. The van der Waals surface area contributed by atoms with Gasteiger partial charge in [-0.3, -0.25) is 9.69 Å². The number of nitrogens with zero attached hydrogens (tertiary/aromatic N) is 2. The first-order chi connectivity index (χ1) is 15.5. The van der Waals surface area contributed by atoms with Crippen LogP contribution >= 0.6 is 11.3 Å². The zero-order valence-corrected chi connectivity index (χ0v) is 19.1. The summed E-state index contributed by atoms with van der Waals surface area (Å²) in [6.45, 7) is 2.13. The zero-order chi connectivity index (χ0) is 22.7. The molecule has 0 spiro atoms. The fourth-order valence-corrected chi connectivity index (χ4v) is 4.50. The first-order valence-electron chi connectivity index (χ1n) is 10.5. The minimum atomic E-state index is -0.246. The Balaban J connectivity index is 1.45. The van der Waals surface area contributed by atoms with E-state index in [0.29, 0.717) is 33.9 Å². The van der Waals surface area contributed by atoms with Gasteiger partial charge in [-0.25, -0.2) is 9.37 Å². The molecule has 1 unspecified atom stereocenters. The normalized spacial score (nSPS) is 14.3. The Kier molecular flexibility index (Phi) is 6.72. The third-order valence-corrected chi connectivity index (χ3v) is 6.39. The van der Waals surface area contributed by atoms with Crippen LogP contribution in [0.2, 0.25) is 0 Å². The number of hydrogen-bond acceptors (Lipinski definition) is 6. The van der Waals surface area contributed by atoms with Crippen molar-refractivity contribution in [1.29, 1.82) is 0 Å². The Morgan fingerprint density at radius 1 is 1.25 bits per heavy atom. The molecule has 0 aliphatic heterocycles. The maximum atomic E-state index is 14.3. The SMILES string of the molecule is COc1ccc(-c2csc(NC(=O)CN(C3CC3)C(C)c3ccccc3F)n2)c(OC)c1. The molecule has 1 fully saturated rings. The van der Waals surface area contributed by atoms with Gasteiger partial charge in [-0.15, -0.1) is 11.3 Å². The largest absolute Gasteiger partial charge is 0.497 e. The number of anilines is 1. The number of nitrogens with one attached hydrogen (secondary N) is 1. The Bertz CT molecular complexity index is 1100. The number of halogens is 1. The van der Waals surface area contributed by atoms with Gasteiger partial charge in [-0.1, -0.05) is 18.2 Å². The molecule has 1 amide bonds. The second kappa shape index (κ2) is 9.67. The molecule has 32 heavy (non-hydrogen) atoms. The van der Waals surface area contributed by atoms with E-state index in [1.807, 2.05) is 30.5 Å². The molecule has 0 saturated heterocycles. The van der Waals surface area contributed by atoms with Gasteiger partial charge in [0.2, 0.25) is 5.91 Å². The molecule has 2 aromatic carbocycles. The summed E-state index contributed by atoms with van der Waals surface area (Å²) >= 11 is 1.35. The third-order valence-electron chi connectivity index (χ3n) is 5.63. The molecule has 0 radical (unpaired) electrons. The Morgan fingerprint density at radius 3 is 2.72 bits per heavy atom. The van der Waals surface area contributed by atoms with Gasteiger partial charge in [0.1, 0.15) is 17.3 Å². The summed E-state index contributed by atoms with van der Waals surface area (Å²) in [6.07, 6.45) is 2.04. The second-order valence-electron chi connectivity index (χ2n) is 7.75. The molecule has 1 saturated carbocycles. The molecular formula is C24H26FN3O3S. The number of thiazole rings is 1. The quantitative estimate of drug-likeness (QED) is 0.485. The topological polar surface area (TPSA) is 63.7 Å². The highest BCUT2D eigenvalue weighted by Gasteiger charge is 2.34. The Hall–Kier alpha value is -2.97. The summed E-state index contributed by atoms with van der Waals surface area (Å²) in [6, 6.07) is 12.4. The van der Waals surface area contributed by atoms with Crippen molar-refractivity contribution < 1.29 is 18.7 Å². The lowest BCUT2D eigenvalue weighted by molar-refractivity contribution is -0.118. The van der Waals surface area contributed by atoms with E-state index in [0.717, 1.165) is 18.4 Å². The smallest absolute Gasteiger partial charge is 0.240 e. The van der Waals surface area contributed by atoms with Crippen molar-refractivity contribution in [2.24, 2.45) is 0 Å². The van der Waals surface area contributed by atoms with Crippen LogP contribution in [0.1, 0.15) is 31.4 Å². The van der Waals surface area contributed by atoms with E-state index in [1.54, 1.807) is 32.4 Å². The molecular weight excluding hydrogens is 429 g/mol. The number of carbonyl (C=O) groups excluding carboxylic acids is 1. The van der Waals surface area contributed by atoms with Crippen LogP contribution in [0.15, 0.2) is 47.8 Å². The van der Waals surface area contributed by atoms with Crippen molar-refractivity contribution in [3.8, 4) is 22.8 Å². The van der Waals surface area contributed by atoms with Crippen LogP contribution in [0.3, 0.4) is 0 Å². The van der Waals surface area contributed by atoms with Crippen molar-refractivity contribution in [3.63, 3.8) is 0 Å². The number of aromatic nitrogens is 1. The number of rotatable bonds is 9. The number of amides is 1. The predicted molar refractivity (Wildman–Crippen MR) is 124 cm³/mol. The fourth-order valence-electron chi connectivity index (χ4n) is 3.77. The Morgan fingerprint density at radius 2 is 2.03 bits per heavy atom. The third kappa shape index (κ3) is 4.92. The summed E-state index contributed by atoms with van der Waals surface area (Å²) in [4.78, 5) is 19.4. The molecule has 168 valence electrons. The van der Waals surface area contributed by atoms with Crippen molar-refractivity contribution in [2.45, 2.75) is 31.8 Å². The van der Waals surface area contributed by atoms with Gasteiger partial charge in [0.15, 0.2) is 5.13 Å². The predicted octanol–water partition coefficient (Wildman–Crippen LogP) is 5.13. The van der Waals surface area contributed by atoms with Crippen molar-refractivity contribution in [2.75, 3.05) is 26.1 Å². The van der Waals surface area contributed by atoms with Crippen LogP contribution < -0.4 is 14.8 Å². The average Bonchev–Trinajstić information content (AvgIpc) is 3.55. The monoisotopic (exact) mass is 455 g/mol. The van der Waals surface area contributed by atoms with Crippen LogP contribution in [0.25, 0.3) is 11.3 Å². The first kappa shape index (κ1) is 22.2. The minimum absolute atomic E-state index is 0.164. The number of benzene rings is 2. The van der Waals surface area contributed by atoms with E-state index in [9.17, 15) is 9.18 Å². The second-order valence-corrected chi connectivity index (χ2v) is 8.61. The van der Waals surface area contributed by atoms with E-state index in [2.05, 4.69) is 15.2 Å². The summed E-state index contributed by atoms with van der Waals surface area (Å²) in [5.41, 5.74) is 2.14. The summed E-state index contributed by atoms with van der Waals surface area (Å²) in [5.74, 6) is 0.927. The molecule has 1 N–H and O–H groups in total. The standard InChI is InChI=1S/C24H26FN3O3S/c1-15(18-6-4-5-7-20(18)25)28(16-8-9-16)13-23(29)27-24-26-21(14-32-24)19-11-10-17(30-2)12-22(19)31-3/h4-7,10-12,14-16H,8-9,13H2,1-3H3,(H,26,27,29). The van der Waals surface area contributed by atoms with Gasteiger partial charge >= 0.3 is 0 Å². The first-order valence-corrected chi connectivity index (χ1v) is 11.4. The van der Waals surface area contributed by atoms with Gasteiger partial charge in [-0.2, -0.15) is 0 Å².